The number of carbonyl (C=O) groups excluding carboxylic acids is 2. The minimum atomic E-state index is -0.231. The fourth-order valence-electron chi connectivity index (χ4n) is 2.66. The number of methoxy groups -OCH3 is 1. The molecule has 2 N–H and O–H groups in total. The Morgan fingerprint density at radius 3 is 2.50 bits per heavy atom. The Balaban J connectivity index is 2.04. The lowest BCUT2D eigenvalue weighted by atomic mass is 10.0. The van der Waals surface area contributed by atoms with E-state index in [0.717, 1.165) is 12.1 Å². The number of thiazole rings is 1. The van der Waals surface area contributed by atoms with Gasteiger partial charge in [0.2, 0.25) is 0 Å². The van der Waals surface area contributed by atoms with E-state index in [4.69, 9.17) is 4.74 Å². The van der Waals surface area contributed by atoms with Crippen molar-refractivity contribution in [1.82, 2.24) is 15.2 Å². The Labute approximate surface area is 182 Å². The number of nitrogens with one attached hydrogen (secondary N) is 2. The van der Waals surface area contributed by atoms with Crippen molar-refractivity contribution in [3.63, 3.8) is 0 Å². The molecule has 1 aromatic carbocycles. The van der Waals surface area contributed by atoms with Gasteiger partial charge in [-0.05, 0) is 37.0 Å². The van der Waals surface area contributed by atoms with Gasteiger partial charge in [-0.2, -0.15) is 0 Å². The van der Waals surface area contributed by atoms with Crippen LogP contribution in [0.1, 0.15) is 61.1 Å². The number of amides is 3. The van der Waals surface area contributed by atoms with Crippen LogP contribution in [0.5, 0.6) is 0 Å². The maximum atomic E-state index is 12.8. The molecule has 2 rings (SSSR count). The molecule has 0 fully saturated rings. The van der Waals surface area contributed by atoms with Gasteiger partial charge in [0.15, 0.2) is 0 Å². The van der Waals surface area contributed by atoms with Gasteiger partial charge >= 0.3 is 6.03 Å². The number of carbonyl (C=O) groups is 2. The van der Waals surface area contributed by atoms with Gasteiger partial charge in [0.05, 0.1) is 13.2 Å². The summed E-state index contributed by atoms with van der Waals surface area (Å²) in [5.74, 6) is 0.245. The van der Waals surface area contributed by atoms with Crippen molar-refractivity contribution in [2.24, 2.45) is 0 Å². The summed E-state index contributed by atoms with van der Waals surface area (Å²) in [5.41, 5.74) is 2.33. The largest absolute Gasteiger partial charge is 0.383 e. The quantitative estimate of drug-likeness (QED) is 0.580. The van der Waals surface area contributed by atoms with Gasteiger partial charge in [0.25, 0.3) is 5.91 Å². The maximum absolute atomic E-state index is 12.8. The van der Waals surface area contributed by atoms with E-state index in [-0.39, 0.29) is 18.0 Å². The third-order valence-corrected chi connectivity index (χ3v) is 5.62. The molecule has 0 spiro atoms. The first-order valence-electron chi connectivity index (χ1n) is 10.2. The molecule has 1 aromatic heterocycles. The number of nitrogens with zero attached hydrogens (tertiary/aromatic N) is 2. The number of hydrogen-bond acceptors (Lipinski definition) is 5. The molecule has 0 aliphatic carbocycles. The Bertz CT molecular complexity index is 820. The lowest BCUT2D eigenvalue weighted by molar-refractivity contribution is 0.0934. The van der Waals surface area contributed by atoms with Crippen molar-refractivity contribution in [2.75, 3.05) is 25.6 Å². The van der Waals surface area contributed by atoms with Crippen LogP contribution in [0, 0.1) is 0 Å². The molecule has 0 radical (unpaired) electrons. The second-order valence-electron chi connectivity index (χ2n) is 7.53. The second kappa shape index (κ2) is 11.7. The first kappa shape index (κ1) is 23.8. The summed E-state index contributed by atoms with van der Waals surface area (Å²) in [7, 11) is 1.60. The summed E-state index contributed by atoms with van der Waals surface area (Å²) in [6.45, 7) is 9.36. The first-order chi connectivity index (χ1) is 14.3. The van der Waals surface area contributed by atoms with Crippen LogP contribution in [0.25, 0.3) is 0 Å². The lowest BCUT2D eigenvalue weighted by Gasteiger charge is -2.22. The van der Waals surface area contributed by atoms with Crippen molar-refractivity contribution in [3.05, 3.63) is 45.9 Å². The summed E-state index contributed by atoms with van der Waals surface area (Å²) in [5, 5.41) is 8.26. The molecule has 0 saturated heterocycles. The molecule has 1 atom stereocenters. The molecule has 3 amide bonds. The van der Waals surface area contributed by atoms with E-state index in [1.54, 1.807) is 17.4 Å². The highest BCUT2D eigenvalue weighted by Gasteiger charge is 2.18. The molecular weight excluding hydrogens is 400 g/mol. The predicted octanol–water partition coefficient (Wildman–Crippen LogP) is 4.48. The summed E-state index contributed by atoms with van der Waals surface area (Å²) >= 11 is 1.37. The van der Waals surface area contributed by atoms with Crippen molar-refractivity contribution in [2.45, 2.75) is 52.6 Å². The standard InChI is InChI=1S/C22H32N4O3S/c1-6-16(4)23-21(27)19-14-30-20(25-19)13-26(11-12-29-5)22(28)24-18-9-7-17(8-10-18)15(2)3/h7-10,14-16H,6,11-13H2,1-5H3,(H,23,27)(H,24,28). The Hall–Kier alpha value is -2.45. The highest BCUT2D eigenvalue weighted by atomic mass is 32.1. The zero-order valence-electron chi connectivity index (χ0n) is 18.4. The normalized spacial score (nSPS) is 11.9. The number of rotatable bonds is 10. The van der Waals surface area contributed by atoms with E-state index in [1.807, 2.05) is 38.1 Å². The van der Waals surface area contributed by atoms with Gasteiger partial charge < -0.3 is 20.3 Å². The van der Waals surface area contributed by atoms with Crippen LogP contribution in [0.3, 0.4) is 0 Å². The van der Waals surface area contributed by atoms with Crippen molar-refractivity contribution in [1.29, 1.82) is 0 Å². The Kier molecular flexibility index (Phi) is 9.26. The Morgan fingerprint density at radius 1 is 1.20 bits per heavy atom. The first-order valence-corrected chi connectivity index (χ1v) is 11.1. The van der Waals surface area contributed by atoms with Crippen LogP contribution in [0.4, 0.5) is 10.5 Å². The molecule has 0 saturated carbocycles. The highest BCUT2D eigenvalue weighted by molar-refractivity contribution is 7.09. The molecule has 1 heterocycles. The molecular formula is C22H32N4O3S. The highest BCUT2D eigenvalue weighted by Crippen LogP contribution is 2.18. The van der Waals surface area contributed by atoms with Crippen molar-refractivity contribution in [3.8, 4) is 0 Å². The third-order valence-electron chi connectivity index (χ3n) is 4.78. The van der Waals surface area contributed by atoms with Crippen LogP contribution in [-0.2, 0) is 11.3 Å². The zero-order chi connectivity index (χ0) is 22.1. The van der Waals surface area contributed by atoms with E-state index >= 15 is 0 Å². The average molecular weight is 433 g/mol. The topological polar surface area (TPSA) is 83.6 Å². The van der Waals surface area contributed by atoms with Gasteiger partial charge in [0.1, 0.15) is 10.7 Å². The van der Waals surface area contributed by atoms with Gasteiger partial charge in [-0.25, -0.2) is 9.78 Å². The second-order valence-corrected chi connectivity index (χ2v) is 8.47. The van der Waals surface area contributed by atoms with E-state index in [2.05, 4.69) is 29.5 Å². The van der Waals surface area contributed by atoms with Crippen LogP contribution in [-0.4, -0.2) is 48.1 Å². The predicted molar refractivity (Wildman–Crippen MR) is 121 cm³/mol. The molecule has 30 heavy (non-hydrogen) atoms. The smallest absolute Gasteiger partial charge is 0.322 e. The van der Waals surface area contributed by atoms with E-state index in [0.29, 0.717) is 36.3 Å². The summed E-state index contributed by atoms with van der Waals surface area (Å²) < 4.78 is 5.15. The number of benzene rings is 1. The SMILES string of the molecule is CCC(C)NC(=O)c1csc(CN(CCOC)C(=O)Nc2ccc(C(C)C)cc2)n1. The number of aromatic nitrogens is 1. The Morgan fingerprint density at radius 2 is 1.90 bits per heavy atom. The third kappa shape index (κ3) is 7.11. The lowest BCUT2D eigenvalue weighted by Crippen LogP contribution is -2.37. The number of anilines is 1. The van der Waals surface area contributed by atoms with E-state index < -0.39 is 0 Å². The summed E-state index contributed by atoms with van der Waals surface area (Å²) in [4.78, 5) is 31.1. The molecule has 0 bridgehead atoms. The van der Waals surface area contributed by atoms with Crippen molar-refractivity contribution >= 4 is 29.0 Å². The number of hydrogen-bond donors (Lipinski definition) is 2. The molecule has 0 aliphatic rings. The molecule has 164 valence electrons. The van der Waals surface area contributed by atoms with Gasteiger partial charge in [-0.3, -0.25) is 4.79 Å². The summed E-state index contributed by atoms with van der Waals surface area (Å²) in [6, 6.07) is 7.70. The van der Waals surface area contributed by atoms with Crippen LogP contribution < -0.4 is 10.6 Å². The zero-order valence-corrected chi connectivity index (χ0v) is 19.2. The molecule has 8 heteroatoms. The maximum Gasteiger partial charge on any atom is 0.322 e. The van der Waals surface area contributed by atoms with Crippen molar-refractivity contribution < 1.29 is 14.3 Å². The molecule has 2 aromatic rings. The number of urea groups is 1. The molecule has 0 aliphatic heterocycles. The minimum Gasteiger partial charge on any atom is -0.383 e. The van der Waals surface area contributed by atoms with Gasteiger partial charge in [0, 0.05) is 30.8 Å². The monoisotopic (exact) mass is 432 g/mol. The minimum absolute atomic E-state index is 0.0914. The van der Waals surface area contributed by atoms with Gasteiger partial charge in [-0.15, -0.1) is 11.3 Å². The average Bonchev–Trinajstić information content (AvgIpc) is 3.20. The van der Waals surface area contributed by atoms with Crippen LogP contribution in [0.15, 0.2) is 29.6 Å². The number of ether oxygens (including phenoxy) is 1. The van der Waals surface area contributed by atoms with E-state index in [9.17, 15) is 9.59 Å². The van der Waals surface area contributed by atoms with E-state index in [1.165, 1.54) is 16.9 Å². The summed E-state index contributed by atoms with van der Waals surface area (Å²) in [6.07, 6.45) is 0.853. The fraction of sp³-hybridized carbons (Fsp3) is 0.500. The molecule has 7 nitrogen and oxygen atoms in total. The molecule has 1 unspecified atom stereocenters. The fourth-order valence-corrected chi connectivity index (χ4v) is 3.45. The van der Waals surface area contributed by atoms with Gasteiger partial charge in [-0.1, -0.05) is 32.9 Å². The van der Waals surface area contributed by atoms with Crippen LogP contribution >= 0.6 is 11.3 Å². The van der Waals surface area contributed by atoms with Crippen LogP contribution in [0.2, 0.25) is 0 Å².